The molecule has 1 aromatic heterocycles. The monoisotopic (exact) mass is 181 g/mol. The van der Waals surface area contributed by atoms with Crippen LogP contribution in [0.25, 0.3) is 0 Å². The molecule has 0 aliphatic heterocycles. The minimum atomic E-state index is -0.299. The second-order valence-corrected chi connectivity index (χ2v) is 3.40. The standard InChI is InChI=1S/C11H19NO/c1-3-5-8-12-9-6-7-10(12)11(13)4-2/h6-7,9,11,13H,3-5,8H2,1-2H3. The average Bonchev–Trinajstić information content (AvgIpc) is 2.61. The molecule has 0 radical (unpaired) electrons. The predicted octanol–water partition coefficient (Wildman–Crippen LogP) is 2.73. The molecule has 0 amide bonds. The van der Waals surface area contributed by atoms with Crippen LogP contribution in [0.1, 0.15) is 44.9 Å². The van der Waals surface area contributed by atoms with Crippen molar-refractivity contribution in [3.8, 4) is 0 Å². The van der Waals surface area contributed by atoms with Crippen molar-refractivity contribution in [1.82, 2.24) is 4.57 Å². The third-order valence-corrected chi connectivity index (χ3v) is 2.35. The summed E-state index contributed by atoms with van der Waals surface area (Å²) in [5.74, 6) is 0. The largest absolute Gasteiger partial charge is 0.387 e. The number of aromatic nitrogens is 1. The molecule has 1 heterocycles. The van der Waals surface area contributed by atoms with E-state index in [2.05, 4.69) is 11.5 Å². The lowest BCUT2D eigenvalue weighted by Gasteiger charge is -2.12. The molecule has 0 aliphatic rings. The normalized spacial score (nSPS) is 13.2. The highest BCUT2D eigenvalue weighted by Gasteiger charge is 2.08. The molecule has 2 nitrogen and oxygen atoms in total. The van der Waals surface area contributed by atoms with Crippen molar-refractivity contribution < 1.29 is 5.11 Å². The fraction of sp³-hybridized carbons (Fsp3) is 0.636. The van der Waals surface area contributed by atoms with Crippen molar-refractivity contribution in [2.75, 3.05) is 0 Å². The number of aliphatic hydroxyl groups is 1. The van der Waals surface area contributed by atoms with E-state index in [1.165, 1.54) is 12.8 Å². The zero-order valence-corrected chi connectivity index (χ0v) is 8.53. The molecule has 1 N–H and O–H groups in total. The quantitative estimate of drug-likeness (QED) is 0.742. The lowest BCUT2D eigenvalue weighted by atomic mass is 10.2. The van der Waals surface area contributed by atoms with Gasteiger partial charge in [0.25, 0.3) is 0 Å². The van der Waals surface area contributed by atoms with Crippen LogP contribution < -0.4 is 0 Å². The highest BCUT2D eigenvalue weighted by molar-refractivity contribution is 5.09. The zero-order chi connectivity index (χ0) is 9.68. The van der Waals surface area contributed by atoms with E-state index < -0.39 is 0 Å². The minimum Gasteiger partial charge on any atom is -0.387 e. The van der Waals surface area contributed by atoms with Gasteiger partial charge in [-0.25, -0.2) is 0 Å². The molecule has 0 aliphatic carbocycles. The molecule has 1 atom stereocenters. The van der Waals surface area contributed by atoms with E-state index in [4.69, 9.17) is 0 Å². The molecular weight excluding hydrogens is 162 g/mol. The van der Waals surface area contributed by atoms with Crippen molar-refractivity contribution in [3.63, 3.8) is 0 Å². The Labute approximate surface area is 80.2 Å². The molecule has 2 heteroatoms. The molecule has 0 saturated heterocycles. The van der Waals surface area contributed by atoms with Gasteiger partial charge in [0.15, 0.2) is 0 Å². The van der Waals surface area contributed by atoms with Gasteiger partial charge in [-0.15, -0.1) is 0 Å². The van der Waals surface area contributed by atoms with Gasteiger partial charge in [0.2, 0.25) is 0 Å². The Morgan fingerprint density at radius 1 is 1.46 bits per heavy atom. The molecular formula is C11H19NO. The number of aliphatic hydroxyl groups excluding tert-OH is 1. The number of rotatable bonds is 5. The van der Waals surface area contributed by atoms with Crippen molar-refractivity contribution in [1.29, 1.82) is 0 Å². The van der Waals surface area contributed by atoms with E-state index >= 15 is 0 Å². The maximum atomic E-state index is 9.68. The smallest absolute Gasteiger partial charge is 0.0937 e. The van der Waals surface area contributed by atoms with Crippen LogP contribution in [0, 0.1) is 0 Å². The first-order chi connectivity index (χ1) is 6.29. The molecule has 0 aromatic carbocycles. The molecule has 74 valence electrons. The SMILES string of the molecule is CCCCn1cccc1C(O)CC. The van der Waals surface area contributed by atoms with Gasteiger partial charge >= 0.3 is 0 Å². The molecule has 1 unspecified atom stereocenters. The second-order valence-electron chi connectivity index (χ2n) is 3.40. The molecule has 0 fully saturated rings. The fourth-order valence-electron chi connectivity index (χ4n) is 1.47. The van der Waals surface area contributed by atoms with Crippen LogP contribution in [-0.4, -0.2) is 9.67 Å². The molecule has 13 heavy (non-hydrogen) atoms. The molecule has 1 aromatic rings. The lowest BCUT2D eigenvalue weighted by molar-refractivity contribution is 0.164. The Morgan fingerprint density at radius 3 is 2.85 bits per heavy atom. The summed E-state index contributed by atoms with van der Waals surface area (Å²) in [4.78, 5) is 0. The highest BCUT2D eigenvalue weighted by Crippen LogP contribution is 2.17. The first-order valence-corrected chi connectivity index (χ1v) is 5.12. The van der Waals surface area contributed by atoms with Gasteiger partial charge in [-0.2, -0.15) is 0 Å². The van der Waals surface area contributed by atoms with E-state index in [0.29, 0.717) is 0 Å². The van der Waals surface area contributed by atoms with Crippen molar-refractivity contribution in [3.05, 3.63) is 24.0 Å². The number of hydrogen-bond donors (Lipinski definition) is 1. The van der Waals surface area contributed by atoms with Crippen LogP contribution in [-0.2, 0) is 6.54 Å². The Hall–Kier alpha value is -0.760. The summed E-state index contributed by atoms with van der Waals surface area (Å²) >= 11 is 0. The molecule has 0 saturated carbocycles. The van der Waals surface area contributed by atoms with Gasteiger partial charge in [-0.05, 0) is 25.0 Å². The van der Waals surface area contributed by atoms with Gasteiger partial charge in [0.05, 0.1) is 6.10 Å². The molecule has 1 rings (SSSR count). The second kappa shape index (κ2) is 5.07. The summed E-state index contributed by atoms with van der Waals surface area (Å²) in [6.45, 7) is 5.21. The third kappa shape index (κ3) is 2.59. The topological polar surface area (TPSA) is 25.2 Å². The number of unbranched alkanes of at least 4 members (excludes halogenated alkanes) is 1. The summed E-state index contributed by atoms with van der Waals surface area (Å²) in [5.41, 5.74) is 1.05. The highest BCUT2D eigenvalue weighted by atomic mass is 16.3. The Kier molecular flexibility index (Phi) is 4.03. The van der Waals surface area contributed by atoms with E-state index in [1.54, 1.807) is 0 Å². The number of aryl methyl sites for hydroxylation is 1. The van der Waals surface area contributed by atoms with E-state index in [1.807, 2.05) is 25.3 Å². The first-order valence-electron chi connectivity index (χ1n) is 5.12. The number of nitrogens with zero attached hydrogens (tertiary/aromatic N) is 1. The predicted molar refractivity (Wildman–Crippen MR) is 54.6 cm³/mol. The van der Waals surface area contributed by atoms with Crippen LogP contribution in [0.15, 0.2) is 18.3 Å². The molecule has 0 spiro atoms. The summed E-state index contributed by atoms with van der Waals surface area (Å²) in [5, 5.41) is 9.68. The summed E-state index contributed by atoms with van der Waals surface area (Å²) < 4.78 is 2.15. The van der Waals surface area contributed by atoms with Crippen LogP contribution >= 0.6 is 0 Å². The first kappa shape index (κ1) is 10.3. The van der Waals surface area contributed by atoms with Gasteiger partial charge in [0, 0.05) is 18.4 Å². The van der Waals surface area contributed by atoms with Gasteiger partial charge < -0.3 is 9.67 Å². The Morgan fingerprint density at radius 2 is 2.23 bits per heavy atom. The van der Waals surface area contributed by atoms with Crippen molar-refractivity contribution >= 4 is 0 Å². The summed E-state index contributed by atoms with van der Waals surface area (Å²) in [7, 11) is 0. The summed E-state index contributed by atoms with van der Waals surface area (Å²) in [6, 6.07) is 4.01. The third-order valence-electron chi connectivity index (χ3n) is 2.35. The van der Waals surface area contributed by atoms with Gasteiger partial charge in [-0.1, -0.05) is 20.3 Å². The fourth-order valence-corrected chi connectivity index (χ4v) is 1.47. The lowest BCUT2D eigenvalue weighted by Crippen LogP contribution is -2.06. The van der Waals surface area contributed by atoms with E-state index in [9.17, 15) is 5.11 Å². The van der Waals surface area contributed by atoms with Gasteiger partial charge in [0.1, 0.15) is 0 Å². The Balaban J connectivity index is 2.65. The van der Waals surface area contributed by atoms with Crippen LogP contribution in [0.3, 0.4) is 0 Å². The van der Waals surface area contributed by atoms with Crippen LogP contribution in [0.5, 0.6) is 0 Å². The van der Waals surface area contributed by atoms with Crippen LogP contribution in [0.4, 0.5) is 0 Å². The zero-order valence-electron chi connectivity index (χ0n) is 8.53. The summed E-state index contributed by atoms with van der Waals surface area (Å²) in [6.07, 6.45) is 4.91. The Bertz CT molecular complexity index is 242. The maximum Gasteiger partial charge on any atom is 0.0937 e. The van der Waals surface area contributed by atoms with Crippen LogP contribution in [0.2, 0.25) is 0 Å². The van der Waals surface area contributed by atoms with Gasteiger partial charge in [-0.3, -0.25) is 0 Å². The average molecular weight is 181 g/mol. The molecule has 0 bridgehead atoms. The minimum absolute atomic E-state index is 0.299. The van der Waals surface area contributed by atoms with E-state index in [-0.39, 0.29) is 6.10 Å². The van der Waals surface area contributed by atoms with Crippen molar-refractivity contribution in [2.45, 2.75) is 45.8 Å². The number of hydrogen-bond acceptors (Lipinski definition) is 1. The maximum absolute atomic E-state index is 9.68. The van der Waals surface area contributed by atoms with E-state index in [0.717, 1.165) is 18.7 Å². The van der Waals surface area contributed by atoms with Crippen molar-refractivity contribution in [2.24, 2.45) is 0 Å².